The summed E-state index contributed by atoms with van der Waals surface area (Å²) in [7, 11) is 0. The summed E-state index contributed by atoms with van der Waals surface area (Å²) < 4.78 is 0. The number of amides is 2. The van der Waals surface area contributed by atoms with Gasteiger partial charge in [0.05, 0.1) is 5.69 Å². The number of carbonyl (C=O) groups excluding carboxylic acids is 1. The zero-order valence-corrected chi connectivity index (χ0v) is 18.6. The van der Waals surface area contributed by atoms with Gasteiger partial charge < -0.3 is 20.2 Å². The molecule has 162 valence electrons. The summed E-state index contributed by atoms with van der Waals surface area (Å²) in [6.45, 7) is 4.39. The van der Waals surface area contributed by atoms with E-state index < -0.39 is 5.97 Å². The topological polar surface area (TPSA) is 85.8 Å². The third-order valence-electron chi connectivity index (χ3n) is 4.99. The predicted molar refractivity (Wildman–Crippen MR) is 126 cm³/mol. The normalized spacial score (nSPS) is 13.5. The highest BCUT2D eigenvalue weighted by atomic mass is 35.5. The van der Waals surface area contributed by atoms with E-state index in [1.54, 1.807) is 11.0 Å². The summed E-state index contributed by atoms with van der Waals surface area (Å²) in [5.41, 5.74) is 2.21. The Morgan fingerprint density at radius 1 is 1.03 bits per heavy atom. The number of carboxylic acid groups (broad SMARTS) is 1. The number of hydrogen-bond acceptors (Lipinski definition) is 5. The van der Waals surface area contributed by atoms with Gasteiger partial charge in [-0.05, 0) is 30.7 Å². The SMILES string of the molecule is Cc1cccc(N2CCN(C(=O)Nc3cc(-c4ccccc4)sc3C(=O)O)CC2)n1.Cl. The van der Waals surface area contributed by atoms with Crippen LogP contribution in [0.4, 0.5) is 16.3 Å². The molecule has 2 aromatic heterocycles. The van der Waals surface area contributed by atoms with Crippen molar-refractivity contribution < 1.29 is 14.7 Å². The quantitative estimate of drug-likeness (QED) is 0.597. The highest BCUT2D eigenvalue weighted by molar-refractivity contribution is 7.18. The van der Waals surface area contributed by atoms with Crippen LogP contribution in [0.5, 0.6) is 0 Å². The number of aromatic carboxylic acids is 1. The number of thiophene rings is 1. The number of piperazine rings is 1. The first-order valence-corrected chi connectivity index (χ1v) is 10.5. The molecule has 0 bridgehead atoms. The summed E-state index contributed by atoms with van der Waals surface area (Å²) in [5.74, 6) is -0.138. The molecular weight excluding hydrogens is 436 g/mol. The molecule has 31 heavy (non-hydrogen) atoms. The van der Waals surface area contributed by atoms with Gasteiger partial charge in [0.15, 0.2) is 0 Å². The molecule has 3 heterocycles. The lowest BCUT2D eigenvalue weighted by atomic mass is 10.2. The number of anilines is 2. The Labute approximate surface area is 190 Å². The monoisotopic (exact) mass is 458 g/mol. The van der Waals surface area contributed by atoms with Gasteiger partial charge in [0.1, 0.15) is 10.7 Å². The fraction of sp³-hybridized carbons (Fsp3) is 0.227. The van der Waals surface area contributed by atoms with Crippen molar-refractivity contribution in [3.05, 3.63) is 65.2 Å². The molecule has 7 nitrogen and oxygen atoms in total. The zero-order valence-electron chi connectivity index (χ0n) is 16.9. The molecule has 2 N–H and O–H groups in total. The Morgan fingerprint density at radius 3 is 2.39 bits per heavy atom. The van der Waals surface area contributed by atoms with Gasteiger partial charge in [0.25, 0.3) is 0 Å². The molecule has 3 aromatic rings. The van der Waals surface area contributed by atoms with Crippen LogP contribution < -0.4 is 10.2 Å². The second kappa shape index (κ2) is 9.80. The van der Waals surface area contributed by atoms with Gasteiger partial charge in [-0.3, -0.25) is 0 Å². The summed E-state index contributed by atoms with van der Waals surface area (Å²) in [5, 5.41) is 12.4. The minimum absolute atomic E-state index is 0. The maximum Gasteiger partial charge on any atom is 0.348 e. The van der Waals surface area contributed by atoms with Crippen molar-refractivity contribution in [1.29, 1.82) is 0 Å². The van der Waals surface area contributed by atoms with Crippen LogP contribution in [0.1, 0.15) is 15.4 Å². The Hall–Kier alpha value is -3.10. The molecule has 1 aliphatic rings. The standard InChI is InChI=1S/C22H22N4O3S.ClH/c1-15-6-5-9-19(23-15)25-10-12-26(13-11-25)22(29)24-17-14-18(30-20(17)21(27)28)16-7-3-2-4-8-16;/h2-9,14H,10-13H2,1H3,(H,24,29)(H,27,28);1H. The van der Waals surface area contributed by atoms with E-state index in [9.17, 15) is 14.7 Å². The molecule has 1 saturated heterocycles. The Bertz CT molecular complexity index is 1070. The minimum atomic E-state index is -1.05. The molecule has 1 aromatic carbocycles. The van der Waals surface area contributed by atoms with Gasteiger partial charge in [0.2, 0.25) is 0 Å². The average Bonchev–Trinajstić information content (AvgIpc) is 3.18. The molecule has 9 heteroatoms. The van der Waals surface area contributed by atoms with Crippen LogP contribution >= 0.6 is 23.7 Å². The summed E-state index contributed by atoms with van der Waals surface area (Å²) in [6, 6.07) is 16.9. The van der Waals surface area contributed by atoms with Crippen molar-refractivity contribution in [3.8, 4) is 10.4 Å². The van der Waals surface area contributed by atoms with Crippen LogP contribution in [-0.4, -0.2) is 53.2 Å². The Balaban J connectivity index is 0.00000272. The van der Waals surface area contributed by atoms with E-state index >= 15 is 0 Å². The second-order valence-electron chi connectivity index (χ2n) is 7.07. The fourth-order valence-corrected chi connectivity index (χ4v) is 4.38. The van der Waals surface area contributed by atoms with E-state index in [0.29, 0.717) is 31.9 Å². The molecule has 0 radical (unpaired) electrons. The molecule has 4 rings (SSSR count). The lowest BCUT2D eigenvalue weighted by molar-refractivity contribution is 0.0703. The first kappa shape index (κ1) is 22.6. The molecule has 0 aliphatic carbocycles. The summed E-state index contributed by atoms with van der Waals surface area (Å²) >= 11 is 1.16. The number of rotatable bonds is 4. The van der Waals surface area contributed by atoms with Gasteiger partial charge in [-0.1, -0.05) is 36.4 Å². The Morgan fingerprint density at radius 2 is 1.74 bits per heavy atom. The number of hydrogen-bond donors (Lipinski definition) is 2. The number of carbonyl (C=O) groups is 2. The smallest absolute Gasteiger partial charge is 0.348 e. The van der Waals surface area contributed by atoms with Gasteiger partial charge in [-0.25, -0.2) is 14.6 Å². The van der Waals surface area contributed by atoms with Gasteiger partial charge in [0, 0.05) is 36.8 Å². The van der Waals surface area contributed by atoms with Crippen molar-refractivity contribution in [1.82, 2.24) is 9.88 Å². The number of aromatic nitrogens is 1. The molecule has 2 amide bonds. The maximum absolute atomic E-state index is 12.8. The molecule has 1 aliphatic heterocycles. The van der Waals surface area contributed by atoms with Gasteiger partial charge in [-0.2, -0.15) is 0 Å². The average molecular weight is 459 g/mol. The lowest BCUT2D eigenvalue weighted by Crippen LogP contribution is -2.50. The van der Waals surface area contributed by atoms with E-state index in [2.05, 4.69) is 15.2 Å². The summed E-state index contributed by atoms with van der Waals surface area (Å²) in [6.07, 6.45) is 0. The Kier molecular flexibility index (Phi) is 7.14. The van der Waals surface area contributed by atoms with Crippen LogP contribution in [0.15, 0.2) is 54.6 Å². The fourth-order valence-electron chi connectivity index (χ4n) is 3.43. The number of halogens is 1. The van der Waals surface area contributed by atoms with Crippen molar-refractivity contribution in [2.75, 3.05) is 36.4 Å². The van der Waals surface area contributed by atoms with E-state index in [0.717, 1.165) is 33.3 Å². The molecule has 0 unspecified atom stereocenters. The van der Waals surface area contributed by atoms with Gasteiger partial charge >= 0.3 is 12.0 Å². The number of nitrogens with zero attached hydrogens (tertiary/aromatic N) is 3. The van der Waals surface area contributed by atoms with Crippen molar-refractivity contribution >= 4 is 47.2 Å². The summed E-state index contributed by atoms with van der Waals surface area (Å²) in [4.78, 5) is 33.8. The van der Waals surface area contributed by atoms with Crippen molar-refractivity contribution in [3.63, 3.8) is 0 Å². The number of carboxylic acids is 1. The molecule has 0 saturated carbocycles. The highest BCUT2D eigenvalue weighted by Gasteiger charge is 2.24. The highest BCUT2D eigenvalue weighted by Crippen LogP contribution is 2.35. The van der Waals surface area contributed by atoms with Crippen molar-refractivity contribution in [2.24, 2.45) is 0 Å². The molecular formula is C22H23ClN4O3S. The van der Waals surface area contributed by atoms with Crippen LogP contribution in [0.2, 0.25) is 0 Å². The van der Waals surface area contributed by atoms with E-state index in [4.69, 9.17) is 0 Å². The van der Waals surface area contributed by atoms with Crippen LogP contribution in [0.25, 0.3) is 10.4 Å². The second-order valence-corrected chi connectivity index (χ2v) is 8.12. The maximum atomic E-state index is 12.8. The van der Waals surface area contributed by atoms with Gasteiger partial charge in [-0.15, -0.1) is 23.7 Å². The largest absolute Gasteiger partial charge is 0.477 e. The van der Waals surface area contributed by atoms with E-state index in [-0.39, 0.29) is 23.3 Å². The minimum Gasteiger partial charge on any atom is -0.477 e. The molecule has 0 spiro atoms. The lowest BCUT2D eigenvalue weighted by Gasteiger charge is -2.35. The number of pyridine rings is 1. The first-order valence-electron chi connectivity index (χ1n) is 9.68. The third-order valence-corrected chi connectivity index (χ3v) is 6.16. The van der Waals surface area contributed by atoms with Crippen molar-refractivity contribution in [2.45, 2.75) is 6.92 Å². The van der Waals surface area contributed by atoms with E-state index in [1.165, 1.54) is 0 Å². The first-order chi connectivity index (χ1) is 14.5. The third kappa shape index (κ3) is 5.15. The van der Waals surface area contributed by atoms with Crippen LogP contribution in [-0.2, 0) is 0 Å². The molecule has 0 atom stereocenters. The number of nitrogens with one attached hydrogen (secondary N) is 1. The van der Waals surface area contributed by atoms with Crippen LogP contribution in [0.3, 0.4) is 0 Å². The zero-order chi connectivity index (χ0) is 21.1. The molecule has 1 fully saturated rings. The number of aryl methyl sites for hydroxylation is 1. The number of urea groups is 1. The number of benzene rings is 1. The van der Waals surface area contributed by atoms with Crippen LogP contribution in [0, 0.1) is 6.92 Å². The predicted octanol–water partition coefficient (Wildman–Crippen LogP) is 4.59. The van der Waals surface area contributed by atoms with E-state index in [1.807, 2.05) is 55.5 Å².